The van der Waals surface area contributed by atoms with Gasteiger partial charge < -0.3 is 4.90 Å². The van der Waals surface area contributed by atoms with E-state index in [1.165, 1.54) is 17.0 Å². The van der Waals surface area contributed by atoms with Crippen LogP contribution in [0.5, 0.6) is 0 Å². The molecule has 0 aliphatic carbocycles. The third-order valence-corrected chi connectivity index (χ3v) is 4.99. The number of anilines is 2. The lowest BCUT2D eigenvalue weighted by Crippen LogP contribution is -2.44. The van der Waals surface area contributed by atoms with Crippen LogP contribution in [0.1, 0.15) is 19.3 Å². The molecule has 2 aromatic rings. The molecule has 132 valence electrons. The number of para-hydroxylation sites is 2. The van der Waals surface area contributed by atoms with E-state index in [1.54, 1.807) is 42.5 Å². The van der Waals surface area contributed by atoms with Crippen LogP contribution >= 0.6 is 0 Å². The number of halogens is 1. The van der Waals surface area contributed by atoms with E-state index >= 15 is 0 Å². The molecular weight excluding hydrogens is 331 g/mol. The summed E-state index contributed by atoms with van der Waals surface area (Å²) in [5.74, 6) is -0.957. The van der Waals surface area contributed by atoms with Crippen molar-refractivity contribution in [3.8, 4) is 0 Å². The van der Waals surface area contributed by atoms with Gasteiger partial charge in [-0.1, -0.05) is 30.3 Å². The van der Waals surface area contributed by atoms with Crippen LogP contribution in [-0.4, -0.2) is 24.4 Å². The lowest BCUT2D eigenvalue weighted by molar-refractivity contribution is -0.120. The van der Waals surface area contributed by atoms with Gasteiger partial charge in [-0.15, -0.1) is 0 Å². The summed E-state index contributed by atoms with van der Waals surface area (Å²) >= 11 is 0. The maximum Gasteiger partial charge on any atom is 0.263 e. The molecule has 0 spiro atoms. The Hall–Kier alpha value is -2.95. The molecule has 26 heavy (non-hydrogen) atoms. The van der Waals surface area contributed by atoms with Gasteiger partial charge in [0.05, 0.1) is 17.4 Å². The van der Waals surface area contributed by atoms with Gasteiger partial charge in [0.2, 0.25) is 0 Å². The molecular formula is C21H19FN2O2. The van der Waals surface area contributed by atoms with E-state index in [2.05, 4.69) is 0 Å². The van der Waals surface area contributed by atoms with E-state index in [4.69, 9.17) is 0 Å². The van der Waals surface area contributed by atoms with Crippen molar-refractivity contribution in [3.63, 3.8) is 0 Å². The van der Waals surface area contributed by atoms with Crippen molar-refractivity contribution in [1.82, 2.24) is 0 Å². The normalized spacial score (nSPS) is 20.5. The third-order valence-electron chi connectivity index (χ3n) is 4.99. The van der Waals surface area contributed by atoms with Crippen LogP contribution in [-0.2, 0) is 9.59 Å². The highest BCUT2D eigenvalue weighted by Gasteiger charge is 2.39. The van der Waals surface area contributed by atoms with E-state index in [-0.39, 0.29) is 23.7 Å². The minimum absolute atomic E-state index is 0.286. The number of benzene rings is 2. The number of carbonyl (C=O) groups is 2. The minimum Gasteiger partial charge on any atom is -0.362 e. The Morgan fingerprint density at radius 1 is 0.923 bits per heavy atom. The van der Waals surface area contributed by atoms with E-state index < -0.39 is 0 Å². The summed E-state index contributed by atoms with van der Waals surface area (Å²) in [4.78, 5) is 28.6. The summed E-state index contributed by atoms with van der Waals surface area (Å²) in [6.07, 6.45) is 4.02. The number of nitrogens with zero attached hydrogens (tertiary/aromatic N) is 2. The second kappa shape index (κ2) is 6.75. The third kappa shape index (κ3) is 2.79. The molecule has 2 aliphatic heterocycles. The molecule has 4 rings (SSSR count). The molecule has 2 aromatic carbocycles. The zero-order valence-corrected chi connectivity index (χ0v) is 14.3. The quantitative estimate of drug-likeness (QED) is 0.793. The van der Waals surface area contributed by atoms with Crippen LogP contribution in [0.2, 0.25) is 0 Å². The fraction of sp³-hybridized carbons (Fsp3) is 0.238. The summed E-state index contributed by atoms with van der Waals surface area (Å²) in [5, 5.41) is 0. The minimum atomic E-state index is -0.338. The summed E-state index contributed by atoms with van der Waals surface area (Å²) in [7, 11) is 0. The monoisotopic (exact) mass is 350 g/mol. The Labute approximate surface area is 151 Å². The molecule has 0 N–H and O–H groups in total. The van der Waals surface area contributed by atoms with Gasteiger partial charge in [0.15, 0.2) is 0 Å². The molecule has 1 unspecified atom stereocenters. The van der Waals surface area contributed by atoms with Gasteiger partial charge in [0.1, 0.15) is 5.82 Å². The molecule has 2 amide bonds. The highest BCUT2D eigenvalue weighted by molar-refractivity contribution is 6.31. The topological polar surface area (TPSA) is 40.6 Å². The summed E-state index contributed by atoms with van der Waals surface area (Å²) in [6, 6.07) is 15.2. The van der Waals surface area contributed by atoms with Gasteiger partial charge in [0.25, 0.3) is 11.8 Å². The van der Waals surface area contributed by atoms with Gasteiger partial charge in [0, 0.05) is 18.2 Å². The molecule has 0 saturated carbocycles. The maximum atomic E-state index is 14.3. The Kier molecular flexibility index (Phi) is 4.29. The van der Waals surface area contributed by atoms with Crippen molar-refractivity contribution in [2.24, 2.45) is 0 Å². The summed E-state index contributed by atoms with van der Waals surface area (Å²) < 4.78 is 14.3. The first-order chi connectivity index (χ1) is 12.7. The molecule has 0 bridgehead atoms. The standard InChI is InChI=1S/C21H19FN2O2/c22-17-10-4-5-12-19(17)23-13-7-6-11-18(23)16-14-20(25)24(21(16)26)15-8-2-1-3-9-15/h1-5,8-10,12,14,18H,6-7,11,13H2. The van der Waals surface area contributed by atoms with Crippen LogP contribution in [0.4, 0.5) is 15.8 Å². The first kappa shape index (κ1) is 16.5. The molecule has 2 aliphatic rings. The SMILES string of the molecule is O=C1C=C(C2CCCCN2c2ccccc2F)C(=O)N1c1ccccc1. The molecule has 0 radical (unpaired) electrons. The summed E-state index contributed by atoms with van der Waals surface area (Å²) in [6.45, 7) is 0.662. The second-order valence-electron chi connectivity index (χ2n) is 6.57. The average molecular weight is 350 g/mol. The number of amides is 2. The lowest BCUT2D eigenvalue weighted by Gasteiger charge is -2.38. The van der Waals surface area contributed by atoms with Crippen LogP contribution in [0, 0.1) is 5.82 Å². The summed E-state index contributed by atoms with van der Waals surface area (Å²) in [5.41, 5.74) is 1.49. The van der Waals surface area contributed by atoms with E-state index in [1.807, 2.05) is 11.0 Å². The Bertz CT molecular complexity index is 879. The largest absolute Gasteiger partial charge is 0.362 e. The van der Waals surface area contributed by atoms with Crippen molar-refractivity contribution >= 4 is 23.2 Å². The number of imide groups is 1. The van der Waals surface area contributed by atoms with Crippen molar-refractivity contribution in [2.75, 3.05) is 16.3 Å². The van der Waals surface area contributed by atoms with Crippen LogP contribution in [0.3, 0.4) is 0 Å². The maximum absolute atomic E-state index is 14.3. The highest BCUT2D eigenvalue weighted by atomic mass is 19.1. The van der Waals surface area contributed by atoms with Crippen LogP contribution < -0.4 is 9.80 Å². The molecule has 0 aromatic heterocycles. The zero-order chi connectivity index (χ0) is 18.1. The number of carbonyl (C=O) groups excluding carboxylic acids is 2. The number of piperidine rings is 1. The van der Waals surface area contributed by atoms with Crippen molar-refractivity contribution < 1.29 is 14.0 Å². The Balaban J connectivity index is 1.67. The molecule has 1 atom stereocenters. The number of hydrogen-bond donors (Lipinski definition) is 0. The van der Waals surface area contributed by atoms with Gasteiger partial charge >= 0.3 is 0 Å². The molecule has 1 fully saturated rings. The van der Waals surface area contributed by atoms with Crippen LogP contribution in [0.25, 0.3) is 0 Å². The van der Waals surface area contributed by atoms with E-state index in [0.717, 1.165) is 19.3 Å². The smallest absolute Gasteiger partial charge is 0.263 e. The van der Waals surface area contributed by atoms with Crippen molar-refractivity contribution in [1.29, 1.82) is 0 Å². The van der Waals surface area contributed by atoms with Crippen LogP contribution in [0.15, 0.2) is 66.2 Å². The first-order valence-electron chi connectivity index (χ1n) is 8.83. The first-order valence-corrected chi connectivity index (χ1v) is 8.83. The lowest BCUT2D eigenvalue weighted by atomic mass is 9.94. The molecule has 5 heteroatoms. The fourth-order valence-corrected chi connectivity index (χ4v) is 3.78. The number of hydrogen-bond acceptors (Lipinski definition) is 3. The van der Waals surface area contributed by atoms with E-state index in [0.29, 0.717) is 23.5 Å². The van der Waals surface area contributed by atoms with Crippen molar-refractivity contribution in [3.05, 3.63) is 72.1 Å². The molecule has 4 nitrogen and oxygen atoms in total. The van der Waals surface area contributed by atoms with E-state index in [9.17, 15) is 14.0 Å². The Morgan fingerprint density at radius 3 is 2.42 bits per heavy atom. The predicted octanol–water partition coefficient (Wildman–Crippen LogP) is 3.68. The van der Waals surface area contributed by atoms with Crippen molar-refractivity contribution in [2.45, 2.75) is 25.3 Å². The molecule has 2 heterocycles. The second-order valence-corrected chi connectivity index (χ2v) is 6.57. The Morgan fingerprint density at radius 2 is 1.65 bits per heavy atom. The van der Waals surface area contributed by atoms with Gasteiger partial charge in [-0.05, 0) is 43.5 Å². The predicted molar refractivity (Wildman–Crippen MR) is 98.4 cm³/mol. The van der Waals surface area contributed by atoms with Gasteiger partial charge in [-0.2, -0.15) is 0 Å². The molecule has 1 saturated heterocycles. The highest BCUT2D eigenvalue weighted by Crippen LogP contribution is 2.34. The fourth-order valence-electron chi connectivity index (χ4n) is 3.78. The average Bonchev–Trinajstić information content (AvgIpc) is 2.97. The zero-order valence-electron chi connectivity index (χ0n) is 14.3. The van der Waals surface area contributed by atoms with Gasteiger partial charge in [-0.25, -0.2) is 9.29 Å². The number of rotatable bonds is 3. The van der Waals surface area contributed by atoms with Gasteiger partial charge in [-0.3, -0.25) is 9.59 Å².